The molecular formula is C26H29N5O3. The van der Waals surface area contributed by atoms with Gasteiger partial charge in [-0.05, 0) is 69.5 Å². The van der Waals surface area contributed by atoms with Crippen LogP contribution in [0.15, 0.2) is 53.5 Å². The standard InChI is InChI=1S/C26H29N5O3/c1-16-7-6-13-31-22(16)28-23-20(25(31)33)15-19(24(32)29-26(2,3)4)21(27)30(23)14-12-17-8-10-18(34-5)11-9-17/h6-11,13,15,27H,12,14H2,1-5H3,(H,29,32). The molecule has 4 aromatic rings. The Balaban J connectivity index is 1.92. The van der Waals surface area contributed by atoms with Crippen molar-refractivity contribution in [1.82, 2.24) is 19.3 Å². The van der Waals surface area contributed by atoms with Gasteiger partial charge in [-0.2, -0.15) is 0 Å². The van der Waals surface area contributed by atoms with E-state index in [0.717, 1.165) is 16.9 Å². The van der Waals surface area contributed by atoms with Gasteiger partial charge in [-0.25, -0.2) is 4.98 Å². The van der Waals surface area contributed by atoms with Gasteiger partial charge in [0.2, 0.25) is 0 Å². The minimum absolute atomic E-state index is 0.0209. The van der Waals surface area contributed by atoms with Crippen molar-refractivity contribution in [3.05, 3.63) is 81.2 Å². The molecule has 3 aromatic heterocycles. The van der Waals surface area contributed by atoms with Gasteiger partial charge in [0.15, 0.2) is 0 Å². The molecule has 0 radical (unpaired) electrons. The summed E-state index contributed by atoms with van der Waals surface area (Å²) < 4.78 is 8.37. The summed E-state index contributed by atoms with van der Waals surface area (Å²) in [5.74, 6) is 0.367. The van der Waals surface area contributed by atoms with Gasteiger partial charge < -0.3 is 14.6 Å². The second-order valence-corrected chi connectivity index (χ2v) is 9.40. The number of methoxy groups -OCH3 is 1. The summed E-state index contributed by atoms with van der Waals surface area (Å²) in [5.41, 5.74) is 2.22. The Morgan fingerprint density at radius 2 is 1.85 bits per heavy atom. The van der Waals surface area contributed by atoms with E-state index in [1.807, 2.05) is 58.0 Å². The predicted octanol–water partition coefficient (Wildman–Crippen LogP) is 3.22. The lowest BCUT2D eigenvalue weighted by Crippen LogP contribution is -2.43. The molecule has 4 rings (SSSR count). The summed E-state index contributed by atoms with van der Waals surface area (Å²) >= 11 is 0. The number of nitrogens with zero attached hydrogens (tertiary/aromatic N) is 3. The third-order valence-electron chi connectivity index (χ3n) is 5.65. The van der Waals surface area contributed by atoms with Crippen LogP contribution in [0.25, 0.3) is 16.7 Å². The first-order valence-corrected chi connectivity index (χ1v) is 11.1. The zero-order valence-corrected chi connectivity index (χ0v) is 20.1. The number of aryl methyl sites for hydroxylation is 3. The van der Waals surface area contributed by atoms with E-state index in [1.165, 1.54) is 10.5 Å². The van der Waals surface area contributed by atoms with Gasteiger partial charge in [0.1, 0.15) is 22.5 Å². The molecular weight excluding hydrogens is 430 g/mol. The molecule has 1 aromatic carbocycles. The van der Waals surface area contributed by atoms with Crippen molar-refractivity contribution in [2.24, 2.45) is 0 Å². The molecule has 176 valence electrons. The maximum absolute atomic E-state index is 13.4. The average molecular weight is 460 g/mol. The maximum atomic E-state index is 13.4. The molecule has 0 saturated carbocycles. The van der Waals surface area contributed by atoms with E-state index in [2.05, 4.69) is 5.32 Å². The third kappa shape index (κ3) is 4.44. The number of pyridine rings is 2. The SMILES string of the molecule is COc1ccc(CCn2c(=N)c(C(=O)NC(C)(C)C)cc3c(=O)n4cccc(C)c4nc32)cc1. The predicted molar refractivity (Wildman–Crippen MR) is 131 cm³/mol. The van der Waals surface area contributed by atoms with Crippen LogP contribution in [0.3, 0.4) is 0 Å². The highest BCUT2D eigenvalue weighted by Gasteiger charge is 2.21. The highest BCUT2D eigenvalue weighted by molar-refractivity contribution is 5.97. The zero-order chi connectivity index (χ0) is 24.6. The molecule has 34 heavy (non-hydrogen) atoms. The topological polar surface area (TPSA) is 101 Å². The Hall–Kier alpha value is -3.94. The summed E-state index contributed by atoms with van der Waals surface area (Å²) in [6, 6.07) is 12.9. The number of amides is 1. The minimum Gasteiger partial charge on any atom is -0.497 e. The number of rotatable bonds is 5. The quantitative estimate of drug-likeness (QED) is 0.448. The fourth-order valence-corrected chi connectivity index (χ4v) is 3.93. The van der Waals surface area contributed by atoms with Crippen molar-refractivity contribution in [3.8, 4) is 5.75 Å². The normalized spacial score (nSPS) is 11.7. The fraction of sp³-hybridized carbons (Fsp3) is 0.308. The number of nitrogens with one attached hydrogen (secondary N) is 2. The van der Waals surface area contributed by atoms with Crippen molar-refractivity contribution in [2.45, 2.75) is 46.2 Å². The van der Waals surface area contributed by atoms with E-state index >= 15 is 0 Å². The number of hydrogen-bond acceptors (Lipinski definition) is 5. The molecule has 0 saturated heterocycles. The fourth-order valence-electron chi connectivity index (χ4n) is 3.93. The summed E-state index contributed by atoms with van der Waals surface area (Å²) in [6.45, 7) is 7.90. The number of carbonyl (C=O) groups is 1. The van der Waals surface area contributed by atoms with Gasteiger partial charge in [-0.3, -0.25) is 19.4 Å². The van der Waals surface area contributed by atoms with Crippen LogP contribution in [0, 0.1) is 12.3 Å². The molecule has 2 N–H and O–H groups in total. The van der Waals surface area contributed by atoms with Crippen LogP contribution in [0.5, 0.6) is 5.75 Å². The Morgan fingerprint density at radius 1 is 1.15 bits per heavy atom. The molecule has 0 aliphatic rings. The Bertz CT molecular complexity index is 1510. The van der Waals surface area contributed by atoms with E-state index in [1.54, 1.807) is 23.9 Å². The second-order valence-electron chi connectivity index (χ2n) is 9.40. The highest BCUT2D eigenvalue weighted by atomic mass is 16.5. The summed E-state index contributed by atoms with van der Waals surface area (Å²) in [6.07, 6.45) is 2.26. The number of hydrogen-bond donors (Lipinski definition) is 2. The molecule has 8 heteroatoms. The molecule has 0 aliphatic carbocycles. The summed E-state index contributed by atoms with van der Waals surface area (Å²) in [5, 5.41) is 12.1. The van der Waals surface area contributed by atoms with Gasteiger partial charge >= 0.3 is 0 Å². The lowest BCUT2D eigenvalue weighted by Gasteiger charge is -2.21. The van der Waals surface area contributed by atoms with Gasteiger partial charge in [0.05, 0.1) is 18.1 Å². The Morgan fingerprint density at radius 3 is 2.50 bits per heavy atom. The molecule has 0 fully saturated rings. The minimum atomic E-state index is -0.486. The van der Waals surface area contributed by atoms with E-state index in [0.29, 0.717) is 29.6 Å². The number of aromatic nitrogens is 3. The molecule has 0 atom stereocenters. The van der Waals surface area contributed by atoms with Gasteiger partial charge in [0, 0.05) is 18.3 Å². The van der Waals surface area contributed by atoms with Crippen molar-refractivity contribution in [1.29, 1.82) is 5.41 Å². The Kier molecular flexibility index (Phi) is 6.00. The van der Waals surface area contributed by atoms with Crippen LogP contribution >= 0.6 is 0 Å². The van der Waals surface area contributed by atoms with E-state index in [-0.39, 0.29) is 16.6 Å². The first-order valence-electron chi connectivity index (χ1n) is 11.1. The molecule has 0 spiro atoms. The lowest BCUT2D eigenvalue weighted by molar-refractivity contribution is 0.0917. The number of ether oxygens (including phenoxy) is 1. The number of carbonyl (C=O) groups excluding carboxylic acids is 1. The van der Waals surface area contributed by atoms with Crippen molar-refractivity contribution in [3.63, 3.8) is 0 Å². The average Bonchev–Trinajstić information content (AvgIpc) is 2.78. The number of fused-ring (bicyclic) bond motifs is 2. The molecule has 1 amide bonds. The van der Waals surface area contributed by atoms with Gasteiger partial charge in [-0.1, -0.05) is 18.2 Å². The van der Waals surface area contributed by atoms with Crippen LogP contribution < -0.4 is 21.1 Å². The van der Waals surface area contributed by atoms with Gasteiger partial charge in [0.25, 0.3) is 11.5 Å². The van der Waals surface area contributed by atoms with Gasteiger partial charge in [-0.15, -0.1) is 0 Å². The van der Waals surface area contributed by atoms with Crippen molar-refractivity contribution >= 4 is 22.6 Å². The monoisotopic (exact) mass is 459 g/mol. The van der Waals surface area contributed by atoms with Crippen LogP contribution in [0.1, 0.15) is 42.3 Å². The second kappa shape index (κ2) is 8.78. The largest absolute Gasteiger partial charge is 0.497 e. The molecule has 3 heterocycles. The smallest absolute Gasteiger partial charge is 0.267 e. The van der Waals surface area contributed by atoms with Crippen molar-refractivity contribution < 1.29 is 9.53 Å². The maximum Gasteiger partial charge on any atom is 0.267 e. The van der Waals surface area contributed by atoms with E-state index in [9.17, 15) is 9.59 Å². The van der Waals surface area contributed by atoms with E-state index < -0.39 is 11.4 Å². The Labute approximate surface area is 197 Å². The zero-order valence-electron chi connectivity index (χ0n) is 20.1. The lowest BCUT2D eigenvalue weighted by atomic mass is 10.1. The van der Waals surface area contributed by atoms with Crippen molar-refractivity contribution in [2.75, 3.05) is 7.11 Å². The molecule has 0 aliphatic heterocycles. The summed E-state index contributed by atoms with van der Waals surface area (Å²) in [4.78, 5) is 31.2. The van der Waals surface area contributed by atoms with Crippen LogP contribution in [0.4, 0.5) is 0 Å². The summed E-state index contributed by atoms with van der Waals surface area (Å²) in [7, 11) is 1.62. The van der Waals surface area contributed by atoms with Crippen LogP contribution in [-0.4, -0.2) is 32.5 Å². The molecule has 0 bridgehead atoms. The van der Waals surface area contributed by atoms with Crippen LogP contribution in [-0.2, 0) is 13.0 Å². The highest BCUT2D eigenvalue weighted by Crippen LogP contribution is 2.16. The first-order chi connectivity index (χ1) is 16.1. The number of benzene rings is 1. The van der Waals surface area contributed by atoms with Crippen LogP contribution in [0.2, 0.25) is 0 Å². The molecule has 0 unspecified atom stereocenters. The van der Waals surface area contributed by atoms with E-state index in [4.69, 9.17) is 15.1 Å². The first kappa shape index (κ1) is 23.2. The third-order valence-corrected chi connectivity index (χ3v) is 5.65. The molecule has 8 nitrogen and oxygen atoms in total.